The molecular weight excluding hydrogens is 278 g/mol. The van der Waals surface area contributed by atoms with Crippen molar-refractivity contribution in [2.45, 2.75) is 11.4 Å². The number of hydrogen-bond donors (Lipinski definition) is 2. The van der Waals surface area contributed by atoms with Crippen molar-refractivity contribution in [3.05, 3.63) is 66.6 Å². The number of imidazole rings is 1. The zero-order valence-electron chi connectivity index (χ0n) is 11.8. The Morgan fingerprint density at radius 2 is 1.81 bits per heavy atom. The largest absolute Gasteiger partial charge is 0.381 e. The van der Waals surface area contributed by atoms with Crippen molar-refractivity contribution in [3.63, 3.8) is 0 Å². The van der Waals surface area contributed by atoms with Gasteiger partial charge < -0.3 is 10.3 Å². The predicted molar refractivity (Wildman–Crippen MR) is 89.6 cm³/mol. The van der Waals surface area contributed by atoms with Crippen molar-refractivity contribution in [3.8, 4) is 11.3 Å². The van der Waals surface area contributed by atoms with Gasteiger partial charge in [0, 0.05) is 17.1 Å². The smallest absolute Gasteiger partial charge is 0.0924 e. The zero-order chi connectivity index (χ0) is 14.5. The Balaban J connectivity index is 1.62. The third-order valence-corrected chi connectivity index (χ3v) is 4.09. The maximum Gasteiger partial charge on any atom is 0.0924 e. The minimum absolute atomic E-state index is 0.831. The van der Waals surface area contributed by atoms with Crippen LogP contribution in [0.5, 0.6) is 0 Å². The lowest BCUT2D eigenvalue weighted by molar-refractivity contribution is 1.14. The topological polar surface area (TPSA) is 40.7 Å². The summed E-state index contributed by atoms with van der Waals surface area (Å²) in [7, 11) is 0. The SMILES string of the molecule is CSc1ccc(CNc2ccc(-c3cnc[nH]3)cc2)cc1. The number of thioether (sulfide) groups is 1. The number of nitrogens with one attached hydrogen (secondary N) is 2. The minimum Gasteiger partial charge on any atom is -0.381 e. The van der Waals surface area contributed by atoms with E-state index in [2.05, 4.69) is 70.1 Å². The van der Waals surface area contributed by atoms with E-state index in [9.17, 15) is 0 Å². The average molecular weight is 295 g/mol. The Morgan fingerprint density at radius 3 is 2.43 bits per heavy atom. The van der Waals surface area contributed by atoms with E-state index in [-0.39, 0.29) is 0 Å². The van der Waals surface area contributed by atoms with E-state index in [1.165, 1.54) is 10.5 Å². The number of aromatic amines is 1. The van der Waals surface area contributed by atoms with Crippen LogP contribution in [-0.2, 0) is 6.54 Å². The minimum atomic E-state index is 0.831. The van der Waals surface area contributed by atoms with E-state index in [0.717, 1.165) is 23.5 Å². The highest BCUT2D eigenvalue weighted by Crippen LogP contribution is 2.20. The van der Waals surface area contributed by atoms with Crippen LogP contribution in [0.15, 0.2) is 66.0 Å². The summed E-state index contributed by atoms with van der Waals surface area (Å²) in [5.41, 5.74) is 4.58. The molecule has 3 rings (SSSR count). The van der Waals surface area contributed by atoms with E-state index in [4.69, 9.17) is 0 Å². The molecule has 0 atom stereocenters. The van der Waals surface area contributed by atoms with Crippen LogP contribution in [0.2, 0.25) is 0 Å². The Hall–Kier alpha value is -2.20. The lowest BCUT2D eigenvalue weighted by atomic mass is 10.1. The Labute approximate surface area is 128 Å². The average Bonchev–Trinajstić information content (AvgIpc) is 3.08. The third kappa shape index (κ3) is 3.47. The maximum atomic E-state index is 4.04. The van der Waals surface area contributed by atoms with E-state index >= 15 is 0 Å². The summed E-state index contributed by atoms with van der Waals surface area (Å²) in [5.74, 6) is 0. The first kappa shape index (κ1) is 13.8. The first-order valence-electron chi connectivity index (χ1n) is 6.81. The molecule has 0 fully saturated rings. The molecule has 4 heteroatoms. The summed E-state index contributed by atoms with van der Waals surface area (Å²) in [6.45, 7) is 0.831. The summed E-state index contributed by atoms with van der Waals surface area (Å²) in [6, 6.07) is 17.0. The van der Waals surface area contributed by atoms with E-state index in [0.29, 0.717) is 0 Å². The molecule has 1 aromatic heterocycles. The molecule has 0 spiro atoms. The molecule has 0 saturated carbocycles. The fourth-order valence-corrected chi connectivity index (χ4v) is 2.54. The van der Waals surface area contributed by atoms with Crippen LogP contribution < -0.4 is 5.32 Å². The second-order valence-electron chi connectivity index (χ2n) is 4.74. The van der Waals surface area contributed by atoms with Gasteiger partial charge in [0.2, 0.25) is 0 Å². The fraction of sp³-hybridized carbons (Fsp3) is 0.118. The van der Waals surface area contributed by atoms with Gasteiger partial charge in [0.15, 0.2) is 0 Å². The lowest BCUT2D eigenvalue weighted by Crippen LogP contribution is -1.98. The summed E-state index contributed by atoms with van der Waals surface area (Å²) >= 11 is 1.76. The number of hydrogen-bond acceptors (Lipinski definition) is 3. The normalized spacial score (nSPS) is 10.5. The van der Waals surface area contributed by atoms with Gasteiger partial charge in [-0.2, -0.15) is 0 Å². The van der Waals surface area contributed by atoms with Crippen LogP contribution in [0.1, 0.15) is 5.56 Å². The first-order valence-corrected chi connectivity index (χ1v) is 8.03. The summed E-state index contributed by atoms with van der Waals surface area (Å²) < 4.78 is 0. The molecule has 2 N–H and O–H groups in total. The molecule has 0 aliphatic carbocycles. The standard InChI is InChI=1S/C17H17N3S/c1-21-16-8-2-13(3-9-16)10-19-15-6-4-14(5-7-15)17-11-18-12-20-17/h2-9,11-12,19H,10H2,1H3,(H,18,20). The van der Waals surface area contributed by atoms with Gasteiger partial charge in [-0.25, -0.2) is 4.98 Å². The molecule has 21 heavy (non-hydrogen) atoms. The van der Waals surface area contributed by atoms with Gasteiger partial charge in [-0.3, -0.25) is 0 Å². The van der Waals surface area contributed by atoms with Crippen molar-refractivity contribution in [1.29, 1.82) is 0 Å². The maximum absolute atomic E-state index is 4.04. The second kappa shape index (κ2) is 6.50. The van der Waals surface area contributed by atoms with Crippen LogP contribution in [0.3, 0.4) is 0 Å². The van der Waals surface area contributed by atoms with Crippen molar-refractivity contribution in [1.82, 2.24) is 9.97 Å². The van der Waals surface area contributed by atoms with Crippen molar-refractivity contribution < 1.29 is 0 Å². The molecule has 0 aliphatic rings. The first-order chi connectivity index (χ1) is 10.3. The zero-order valence-corrected chi connectivity index (χ0v) is 12.7. The molecule has 0 amide bonds. The van der Waals surface area contributed by atoms with Crippen molar-refractivity contribution >= 4 is 17.4 Å². The number of nitrogens with zero attached hydrogens (tertiary/aromatic N) is 1. The van der Waals surface area contributed by atoms with Crippen LogP contribution in [0.25, 0.3) is 11.3 Å². The molecule has 2 aromatic carbocycles. The quantitative estimate of drug-likeness (QED) is 0.685. The highest BCUT2D eigenvalue weighted by molar-refractivity contribution is 7.98. The molecule has 106 valence electrons. The van der Waals surface area contributed by atoms with Crippen LogP contribution >= 0.6 is 11.8 Å². The molecule has 0 bridgehead atoms. The second-order valence-corrected chi connectivity index (χ2v) is 5.62. The number of anilines is 1. The van der Waals surface area contributed by atoms with Gasteiger partial charge in [0.25, 0.3) is 0 Å². The Kier molecular flexibility index (Phi) is 4.26. The van der Waals surface area contributed by atoms with Crippen LogP contribution in [0, 0.1) is 0 Å². The third-order valence-electron chi connectivity index (χ3n) is 3.35. The molecule has 0 aliphatic heterocycles. The fourth-order valence-electron chi connectivity index (χ4n) is 2.13. The predicted octanol–water partition coefficient (Wildman–Crippen LogP) is 4.41. The van der Waals surface area contributed by atoms with Crippen molar-refractivity contribution in [2.75, 3.05) is 11.6 Å². The molecule has 3 aromatic rings. The molecule has 3 nitrogen and oxygen atoms in total. The number of benzene rings is 2. The van der Waals surface area contributed by atoms with Gasteiger partial charge in [0.1, 0.15) is 0 Å². The van der Waals surface area contributed by atoms with Gasteiger partial charge in [-0.15, -0.1) is 11.8 Å². The van der Waals surface area contributed by atoms with E-state index < -0.39 is 0 Å². The van der Waals surface area contributed by atoms with Gasteiger partial charge in [-0.05, 0) is 41.6 Å². The number of aromatic nitrogens is 2. The monoisotopic (exact) mass is 295 g/mol. The molecule has 0 unspecified atom stereocenters. The molecule has 0 saturated heterocycles. The highest BCUT2D eigenvalue weighted by Gasteiger charge is 1.99. The van der Waals surface area contributed by atoms with E-state index in [1.807, 2.05) is 6.20 Å². The number of rotatable bonds is 5. The highest BCUT2D eigenvalue weighted by atomic mass is 32.2. The molecular formula is C17H17N3S. The lowest BCUT2D eigenvalue weighted by Gasteiger charge is -2.08. The van der Waals surface area contributed by atoms with Gasteiger partial charge >= 0.3 is 0 Å². The van der Waals surface area contributed by atoms with Gasteiger partial charge in [0.05, 0.1) is 18.2 Å². The summed E-state index contributed by atoms with van der Waals surface area (Å²) in [5, 5.41) is 3.44. The summed E-state index contributed by atoms with van der Waals surface area (Å²) in [6.07, 6.45) is 5.62. The summed E-state index contributed by atoms with van der Waals surface area (Å²) in [4.78, 5) is 8.44. The number of H-pyrrole nitrogens is 1. The van der Waals surface area contributed by atoms with Crippen LogP contribution in [0.4, 0.5) is 5.69 Å². The molecule has 1 heterocycles. The Morgan fingerprint density at radius 1 is 1.05 bits per heavy atom. The molecule has 0 radical (unpaired) electrons. The van der Waals surface area contributed by atoms with Crippen LogP contribution in [-0.4, -0.2) is 16.2 Å². The Bertz CT molecular complexity index is 673. The van der Waals surface area contributed by atoms with Gasteiger partial charge in [-0.1, -0.05) is 24.3 Å². The van der Waals surface area contributed by atoms with Crippen molar-refractivity contribution in [2.24, 2.45) is 0 Å². The van der Waals surface area contributed by atoms with E-state index in [1.54, 1.807) is 18.1 Å².